The topological polar surface area (TPSA) is 72.8 Å². The van der Waals surface area contributed by atoms with Crippen molar-refractivity contribution < 1.29 is 24.2 Å². The quantitative estimate of drug-likeness (QED) is 0.675. The van der Waals surface area contributed by atoms with Crippen molar-refractivity contribution in [1.29, 1.82) is 0 Å². The fourth-order valence-electron chi connectivity index (χ4n) is 1.60. The van der Waals surface area contributed by atoms with Crippen molar-refractivity contribution in [3.63, 3.8) is 0 Å². The lowest BCUT2D eigenvalue weighted by Gasteiger charge is -2.08. The molecule has 1 aromatic carbocycles. The molecular weight excluding hydrogens is 316 g/mol. The molecule has 0 spiro atoms. The van der Waals surface area contributed by atoms with Crippen LogP contribution in [-0.2, 0) is 4.74 Å². The third kappa shape index (κ3) is 3.53. The summed E-state index contributed by atoms with van der Waals surface area (Å²) in [6.07, 6.45) is 0. The van der Waals surface area contributed by atoms with Gasteiger partial charge in [0.1, 0.15) is 5.56 Å². The fourth-order valence-corrected chi connectivity index (χ4v) is 2.56. The van der Waals surface area contributed by atoms with Gasteiger partial charge in [0.25, 0.3) is 0 Å². The third-order valence-electron chi connectivity index (χ3n) is 2.62. The molecule has 0 fully saturated rings. The zero-order valence-electron chi connectivity index (χ0n) is 11.0. The average Bonchev–Trinajstić information content (AvgIpc) is 2.91. The molecular formula is C14H11ClO5S. The molecule has 110 valence electrons. The number of ketones is 1. The summed E-state index contributed by atoms with van der Waals surface area (Å²) >= 11 is 6.84. The maximum atomic E-state index is 11.9. The predicted octanol–water partition coefficient (Wildman–Crippen LogP) is 3.16. The van der Waals surface area contributed by atoms with Crippen molar-refractivity contribution in [1.82, 2.24) is 0 Å². The van der Waals surface area contributed by atoms with Gasteiger partial charge in [-0.25, -0.2) is 4.79 Å². The Kier molecular flexibility index (Phi) is 4.82. The van der Waals surface area contributed by atoms with Gasteiger partial charge in [0.05, 0.1) is 16.3 Å². The van der Waals surface area contributed by atoms with Crippen molar-refractivity contribution >= 4 is 34.7 Å². The van der Waals surface area contributed by atoms with E-state index in [-0.39, 0.29) is 22.8 Å². The Balaban J connectivity index is 2.04. The zero-order valence-corrected chi connectivity index (χ0v) is 12.5. The Morgan fingerprint density at radius 1 is 1.29 bits per heavy atom. The molecule has 1 aromatic heterocycles. The molecule has 0 amide bonds. The first kappa shape index (κ1) is 15.3. The number of hydrogen-bond donors (Lipinski definition) is 1. The highest BCUT2D eigenvalue weighted by atomic mass is 35.5. The van der Waals surface area contributed by atoms with Gasteiger partial charge < -0.3 is 14.6 Å². The molecule has 0 saturated carbocycles. The van der Waals surface area contributed by atoms with E-state index < -0.39 is 12.6 Å². The number of methoxy groups -OCH3 is 1. The van der Waals surface area contributed by atoms with Crippen molar-refractivity contribution in [3.8, 4) is 11.5 Å². The van der Waals surface area contributed by atoms with Crippen molar-refractivity contribution in [3.05, 3.63) is 45.1 Å². The Labute approximate surface area is 129 Å². The molecule has 0 bridgehead atoms. The Morgan fingerprint density at radius 3 is 2.67 bits per heavy atom. The molecule has 0 aliphatic heterocycles. The highest BCUT2D eigenvalue weighted by molar-refractivity contribution is 7.18. The fraction of sp³-hybridized carbons (Fsp3) is 0.143. The number of carbonyl (C=O) groups is 2. The first-order valence-corrected chi connectivity index (χ1v) is 7.04. The van der Waals surface area contributed by atoms with Crippen LogP contribution in [-0.4, -0.2) is 30.6 Å². The summed E-state index contributed by atoms with van der Waals surface area (Å²) in [4.78, 5) is 24.1. The smallest absolute Gasteiger partial charge is 0.342 e. The SMILES string of the molecule is COc1cccc(C(=O)OCC(=O)c2ccc(Cl)s2)c1O. The van der Waals surface area contributed by atoms with Gasteiger partial charge in [-0.3, -0.25) is 4.79 Å². The predicted molar refractivity (Wildman–Crippen MR) is 78.6 cm³/mol. The summed E-state index contributed by atoms with van der Waals surface area (Å²) in [5.74, 6) is -1.33. The Hall–Kier alpha value is -2.05. The summed E-state index contributed by atoms with van der Waals surface area (Å²) in [5.41, 5.74) is -0.0636. The van der Waals surface area contributed by atoms with Gasteiger partial charge in [-0.1, -0.05) is 17.7 Å². The van der Waals surface area contributed by atoms with Gasteiger partial charge in [0.2, 0.25) is 5.78 Å². The van der Waals surface area contributed by atoms with E-state index in [1.165, 1.54) is 25.3 Å². The number of carbonyl (C=O) groups excluding carboxylic acids is 2. The number of para-hydroxylation sites is 1. The van der Waals surface area contributed by atoms with Crippen LogP contribution >= 0.6 is 22.9 Å². The normalized spacial score (nSPS) is 10.2. The van der Waals surface area contributed by atoms with Gasteiger partial charge in [-0.15, -0.1) is 11.3 Å². The second-order valence-corrected chi connectivity index (χ2v) is 5.67. The first-order valence-electron chi connectivity index (χ1n) is 5.84. The number of benzene rings is 1. The van der Waals surface area contributed by atoms with E-state index in [4.69, 9.17) is 21.1 Å². The summed E-state index contributed by atoms with van der Waals surface area (Å²) in [6.45, 7) is -0.424. The first-order chi connectivity index (χ1) is 10.0. The Bertz CT molecular complexity index is 680. The van der Waals surface area contributed by atoms with Crippen LogP contribution in [0.5, 0.6) is 11.5 Å². The molecule has 7 heteroatoms. The lowest BCUT2D eigenvalue weighted by molar-refractivity contribution is 0.0472. The minimum absolute atomic E-state index is 0.0636. The summed E-state index contributed by atoms with van der Waals surface area (Å²) in [6, 6.07) is 7.58. The molecule has 0 unspecified atom stereocenters. The lowest BCUT2D eigenvalue weighted by Crippen LogP contribution is -2.13. The number of esters is 1. The maximum Gasteiger partial charge on any atom is 0.342 e. The van der Waals surface area contributed by atoms with Crippen LogP contribution in [0.4, 0.5) is 0 Å². The summed E-state index contributed by atoms with van der Waals surface area (Å²) in [5, 5.41) is 9.82. The van der Waals surface area contributed by atoms with E-state index >= 15 is 0 Å². The van der Waals surface area contributed by atoms with Crippen molar-refractivity contribution in [2.45, 2.75) is 0 Å². The number of rotatable bonds is 5. The zero-order chi connectivity index (χ0) is 15.4. The minimum atomic E-state index is -0.803. The largest absolute Gasteiger partial charge is 0.504 e. The van der Waals surface area contributed by atoms with Crippen LogP contribution < -0.4 is 4.74 Å². The second-order valence-electron chi connectivity index (χ2n) is 3.96. The van der Waals surface area contributed by atoms with Crippen molar-refractivity contribution in [2.24, 2.45) is 0 Å². The third-order valence-corrected chi connectivity index (χ3v) is 3.89. The number of ether oxygens (including phenoxy) is 2. The molecule has 0 aliphatic rings. The highest BCUT2D eigenvalue weighted by Gasteiger charge is 2.18. The van der Waals surface area contributed by atoms with Gasteiger partial charge in [-0.05, 0) is 24.3 Å². The van der Waals surface area contributed by atoms with Crippen LogP contribution in [0.3, 0.4) is 0 Å². The number of halogens is 1. The summed E-state index contributed by atoms with van der Waals surface area (Å²) in [7, 11) is 1.37. The molecule has 0 radical (unpaired) electrons. The minimum Gasteiger partial charge on any atom is -0.504 e. The van der Waals surface area contributed by atoms with Gasteiger partial charge in [0, 0.05) is 0 Å². The van der Waals surface area contributed by atoms with E-state index in [0.29, 0.717) is 9.21 Å². The second kappa shape index (κ2) is 6.60. The van der Waals surface area contributed by atoms with Gasteiger partial charge >= 0.3 is 5.97 Å². The van der Waals surface area contributed by atoms with Crippen LogP contribution in [0, 0.1) is 0 Å². The molecule has 2 rings (SSSR count). The van der Waals surface area contributed by atoms with E-state index in [2.05, 4.69) is 0 Å². The van der Waals surface area contributed by atoms with E-state index in [0.717, 1.165) is 11.3 Å². The molecule has 0 atom stereocenters. The molecule has 0 aliphatic carbocycles. The van der Waals surface area contributed by atoms with Crippen LogP contribution in [0.25, 0.3) is 0 Å². The van der Waals surface area contributed by atoms with Gasteiger partial charge in [0.15, 0.2) is 18.1 Å². The van der Waals surface area contributed by atoms with Crippen molar-refractivity contribution in [2.75, 3.05) is 13.7 Å². The molecule has 5 nitrogen and oxygen atoms in total. The number of hydrogen-bond acceptors (Lipinski definition) is 6. The molecule has 1 heterocycles. The number of thiophene rings is 1. The summed E-state index contributed by atoms with van der Waals surface area (Å²) < 4.78 is 10.3. The van der Waals surface area contributed by atoms with E-state index in [1.54, 1.807) is 12.1 Å². The van der Waals surface area contributed by atoms with Gasteiger partial charge in [-0.2, -0.15) is 0 Å². The highest BCUT2D eigenvalue weighted by Crippen LogP contribution is 2.29. The monoisotopic (exact) mass is 326 g/mol. The standard InChI is InChI=1S/C14H11ClO5S/c1-19-10-4-2-3-8(13(10)17)14(18)20-7-9(16)11-5-6-12(15)21-11/h2-6,17H,7H2,1H3. The molecule has 21 heavy (non-hydrogen) atoms. The number of phenols is 1. The number of phenolic OH excluding ortho intramolecular Hbond substituents is 1. The lowest BCUT2D eigenvalue weighted by atomic mass is 10.2. The molecule has 0 saturated heterocycles. The maximum absolute atomic E-state index is 11.9. The number of aromatic hydroxyl groups is 1. The van der Waals surface area contributed by atoms with Crippen LogP contribution in [0.15, 0.2) is 30.3 Å². The molecule has 2 aromatic rings. The average molecular weight is 327 g/mol. The van der Waals surface area contributed by atoms with E-state index in [1.807, 2.05) is 0 Å². The Morgan fingerprint density at radius 2 is 2.05 bits per heavy atom. The van der Waals surface area contributed by atoms with E-state index in [9.17, 15) is 14.7 Å². The van der Waals surface area contributed by atoms with Crippen LogP contribution in [0.1, 0.15) is 20.0 Å². The number of Topliss-reactive ketones (excluding diaryl/α,β-unsaturated/α-hetero) is 1. The van der Waals surface area contributed by atoms with Crippen LogP contribution in [0.2, 0.25) is 4.34 Å². The molecule has 1 N–H and O–H groups in total.